The Labute approximate surface area is 403 Å². The molecule has 0 atom stereocenters. The second-order valence-corrected chi connectivity index (χ2v) is 19.0. The summed E-state index contributed by atoms with van der Waals surface area (Å²) in [6.45, 7) is 11.5. The third-order valence-corrected chi connectivity index (χ3v) is 15.7. The van der Waals surface area contributed by atoms with Gasteiger partial charge < -0.3 is 9.47 Å². The van der Waals surface area contributed by atoms with Crippen molar-refractivity contribution in [3.63, 3.8) is 0 Å². The predicted octanol–water partition coefficient (Wildman–Crippen LogP) is 18.0. The molecule has 1 heterocycles. The molecule has 0 saturated heterocycles. The minimum absolute atomic E-state index is 0.00879. The van der Waals surface area contributed by atoms with Crippen molar-refractivity contribution in [2.45, 2.75) is 77.6 Å². The van der Waals surface area contributed by atoms with Gasteiger partial charge in [0, 0.05) is 44.4 Å². The topological polar surface area (TPSA) is 8.17 Å². The van der Waals surface area contributed by atoms with Crippen LogP contribution in [-0.2, 0) is 17.3 Å². The lowest BCUT2D eigenvalue weighted by Gasteiger charge is -2.31. The maximum Gasteiger partial charge on any atom is 0.0542 e. The van der Waals surface area contributed by atoms with Gasteiger partial charge in [0.25, 0.3) is 0 Å². The summed E-state index contributed by atoms with van der Waals surface area (Å²) in [5.74, 6) is 0. The number of nitrogens with zero attached hydrogens (tertiary/aromatic N) is 2. The highest BCUT2D eigenvalue weighted by atomic mass is 15.1. The number of aromatic nitrogens is 1. The van der Waals surface area contributed by atoms with Crippen molar-refractivity contribution < 1.29 is 0 Å². The minimum atomic E-state index is -0.00879. The Morgan fingerprint density at radius 2 is 0.809 bits per heavy atom. The van der Waals surface area contributed by atoms with Crippen LogP contribution in [0.1, 0.15) is 92.3 Å². The highest BCUT2D eigenvalue weighted by Crippen LogP contribution is 2.55. The van der Waals surface area contributed by atoms with Crippen molar-refractivity contribution in [3.8, 4) is 27.9 Å². The van der Waals surface area contributed by atoms with Crippen LogP contribution in [0, 0.1) is 6.92 Å². The van der Waals surface area contributed by atoms with Gasteiger partial charge in [0.05, 0.1) is 11.0 Å². The van der Waals surface area contributed by atoms with E-state index >= 15 is 0 Å². The third kappa shape index (κ3) is 7.00. The van der Waals surface area contributed by atoms with Gasteiger partial charge in [-0.2, -0.15) is 0 Å². The number of hydrogen-bond donors (Lipinski definition) is 0. The summed E-state index contributed by atoms with van der Waals surface area (Å²) in [6, 6.07) is 78.9. The Balaban J connectivity index is 0.000000667. The van der Waals surface area contributed by atoms with Crippen molar-refractivity contribution in [3.05, 3.63) is 251 Å². The minimum Gasteiger partial charge on any atom is -0.310 e. The summed E-state index contributed by atoms with van der Waals surface area (Å²) < 4.78 is 2.44. The Hall–Kier alpha value is -7.42. The molecule has 2 aliphatic carbocycles. The zero-order valence-corrected chi connectivity index (χ0v) is 40.1. The van der Waals surface area contributed by atoms with Gasteiger partial charge in [-0.1, -0.05) is 179 Å². The highest BCUT2D eigenvalue weighted by molar-refractivity contribution is 6.11. The predicted molar refractivity (Wildman–Crippen MR) is 289 cm³/mol. The summed E-state index contributed by atoms with van der Waals surface area (Å²) in [5, 5.41) is 2.53. The van der Waals surface area contributed by atoms with Gasteiger partial charge in [0.2, 0.25) is 0 Å². The fourth-order valence-corrected chi connectivity index (χ4v) is 12.2. The van der Waals surface area contributed by atoms with Gasteiger partial charge in [0.1, 0.15) is 0 Å². The van der Waals surface area contributed by atoms with Crippen LogP contribution in [-0.4, -0.2) is 4.57 Å². The summed E-state index contributed by atoms with van der Waals surface area (Å²) in [5.41, 5.74) is 22.6. The fourth-order valence-electron chi connectivity index (χ4n) is 12.2. The average Bonchev–Trinajstić information content (AvgIpc) is 3.98. The number of anilines is 3. The monoisotopic (exact) mass is 880 g/mol. The molecular weight excluding hydrogens is 821 g/mol. The maximum absolute atomic E-state index is 2.52. The van der Waals surface area contributed by atoms with Crippen LogP contribution in [0.2, 0.25) is 0 Å². The summed E-state index contributed by atoms with van der Waals surface area (Å²) in [7, 11) is 0. The van der Waals surface area contributed by atoms with Crippen LogP contribution in [0.3, 0.4) is 0 Å². The van der Waals surface area contributed by atoms with Gasteiger partial charge in [-0.05, 0) is 161 Å². The smallest absolute Gasteiger partial charge is 0.0542 e. The first-order chi connectivity index (χ1) is 33.4. The fraction of sp³-hybridized carbons (Fsp3) is 0.182. The van der Waals surface area contributed by atoms with Crippen molar-refractivity contribution in [1.29, 1.82) is 0 Å². The molecule has 0 aliphatic heterocycles. The number of benzene rings is 9. The lowest BCUT2D eigenvalue weighted by atomic mass is 9.73. The van der Waals surface area contributed by atoms with Gasteiger partial charge in [-0.15, -0.1) is 0 Å². The molecule has 0 radical (unpaired) electrons. The van der Waals surface area contributed by atoms with Crippen molar-refractivity contribution in [1.82, 2.24) is 4.57 Å². The van der Waals surface area contributed by atoms with E-state index in [2.05, 4.69) is 238 Å². The molecule has 2 nitrogen and oxygen atoms in total. The van der Waals surface area contributed by atoms with Crippen LogP contribution in [0.15, 0.2) is 212 Å². The first-order valence-corrected chi connectivity index (χ1v) is 24.9. The zero-order valence-electron chi connectivity index (χ0n) is 40.1. The molecule has 0 saturated carbocycles. The van der Waals surface area contributed by atoms with Crippen LogP contribution in [0.25, 0.3) is 49.7 Å². The van der Waals surface area contributed by atoms with Crippen LogP contribution >= 0.6 is 0 Å². The van der Waals surface area contributed by atoms with Crippen LogP contribution in [0.5, 0.6) is 0 Å². The first-order valence-electron chi connectivity index (χ1n) is 24.9. The van der Waals surface area contributed by atoms with Crippen molar-refractivity contribution >= 4 is 38.9 Å². The molecule has 68 heavy (non-hydrogen) atoms. The Morgan fingerprint density at radius 3 is 1.40 bits per heavy atom. The quantitative estimate of drug-likeness (QED) is 0.133. The SMILES string of the molecule is CCC1(CC)c2ccccc2-c2ccc(Cc3ccc4c(c3)c3cc(N(c5ccccc5)c5ccc6c(c5)C(CC)(CC)c5ccccc5-6)ccc3n4-c3ccccc3)cc21.Cc1ccccc1. The molecule has 0 spiro atoms. The van der Waals surface area contributed by atoms with E-state index < -0.39 is 0 Å². The number of hydrogen-bond acceptors (Lipinski definition) is 1. The van der Waals surface area contributed by atoms with Crippen molar-refractivity contribution in [2.24, 2.45) is 0 Å². The zero-order chi connectivity index (χ0) is 46.4. The molecule has 334 valence electrons. The van der Waals surface area contributed by atoms with Crippen LogP contribution < -0.4 is 4.90 Å². The Morgan fingerprint density at radius 1 is 0.368 bits per heavy atom. The molecule has 0 unspecified atom stereocenters. The number of rotatable bonds is 10. The van der Waals surface area contributed by atoms with E-state index in [0.717, 1.165) is 43.5 Å². The van der Waals surface area contributed by atoms with E-state index in [-0.39, 0.29) is 10.8 Å². The molecule has 12 rings (SSSR count). The molecule has 10 aromatic rings. The standard InChI is InChI=1S/C59H52N2.C7H8/c1-5-58(6-2)52-25-17-15-23-46(52)48-31-27-41(37-54(48)58)35-40-28-33-56-50(36-40)51-38-44(30-34-57(51)61(56)43-21-13-10-14-22-43)60(42-19-11-9-12-20-42)45-29-32-49-47-24-16-18-26-53(47)59(7-3,8-4)55(49)39-45;1-7-5-3-2-4-6-7/h9-34,36-39H,5-8,35H2,1-4H3;2-6H,1H3. The molecular formula is C66H60N2. The van der Waals surface area contributed by atoms with Crippen molar-refractivity contribution in [2.75, 3.05) is 4.90 Å². The molecule has 0 N–H and O–H groups in total. The summed E-state index contributed by atoms with van der Waals surface area (Å²) in [6.07, 6.45) is 5.20. The van der Waals surface area contributed by atoms with Gasteiger partial charge in [0.15, 0.2) is 0 Å². The number of aryl methyl sites for hydroxylation is 1. The number of para-hydroxylation sites is 2. The normalized spacial score (nSPS) is 13.6. The van der Waals surface area contributed by atoms with E-state index in [9.17, 15) is 0 Å². The maximum atomic E-state index is 2.52. The lowest BCUT2D eigenvalue weighted by Crippen LogP contribution is -2.23. The van der Waals surface area contributed by atoms with Gasteiger partial charge in [-0.25, -0.2) is 0 Å². The first kappa shape index (κ1) is 43.2. The highest BCUT2D eigenvalue weighted by Gasteiger charge is 2.42. The van der Waals surface area contributed by atoms with Crippen LogP contribution in [0.4, 0.5) is 17.1 Å². The summed E-state index contributed by atoms with van der Waals surface area (Å²) >= 11 is 0. The summed E-state index contributed by atoms with van der Waals surface area (Å²) in [4.78, 5) is 2.46. The van der Waals surface area contributed by atoms with Gasteiger partial charge >= 0.3 is 0 Å². The Bertz CT molecular complexity index is 3420. The average molecular weight is 881 g/mol. The van der Waals surface area contributed by atoms with E-state index in [0.29, 0.717) is 0 Å². The molecule has 2 aliphatic rings. The molecule has 9 aromatic carbocycles. The van der Waals surface area contributed by atoms with Gasteiger partial charge in [-0.3, -0.25) is 0 Å². The van der Waals surface area contributed by atoms with E-state index in [1.54, 1.807) is 0 Å². The second-order valence-electron chi connectivity index (χ2n) is 19.0. The molecule has 2 heteroatoms. The second kappa shape index (κ2) is 17.7. The molecule has 1 aromatic heterocycles. The van der Waals surface area contributed by atoms with E-state index in [4.69, 9.17) is 0 Å². The molecule has 0 bridgehead atoms. The molecule has 0 amide bonds. The van der Waals surface area contributed by atoms with E-state index in [1.165, 1.54) is 94.4 Å². The third-order valence-electron chi connectivity index (χ3n) is 15.7. The Kier molecular flexibility index (Phi) is 11.2. The number of fused-ring (bicyclic) bond motifs is 9. The van der Waals surface area contributed by atoms with E-state index in [1.807, 2.05) is 18.2 Å². The lowest BCUT2D eigenvalue weighted by molar-refractivity contribution is 0.490. The largest absolute Gasteiger partial charge is 0.310 e. The molecule has 0 fully saturated rings.